The number of hydrogen-bond acceptors (Lipinski definition) is 3. The monoisotopic (exact) mass is 296 g/mol. The first kappa shape index (κ1) is 16.9. The summed E-state index contributed by atoms with van der Waals surface area (Å²) in [5, 5.41) is 11.5. The van der Waals surface area contributed by atoms with Crippen LogP contribution >= 0.6 is 0 Å². The zero-order valence-electron chi connectivity index (χ0n) is 12.2. The van der Waals surface area contributed by atoms with Gasteiger partial charge in [-0.2, -0.15) is 0 Å². The van der Waals surface area contributed by atoms with Crippen molar-refractivity contribution in [1.82, 2.24) is 5.32 Å². The molecule has 0 bridgehead atoms. The van der Waals surface area contributed by atoms with Gasteiger partial charge in [-0.3, -0.25) is 9.59 Å². The summed E-state index contributed by atoms with van der Waals surface area (Å²) in [6, 6.07) is 3.83. The minimum Gasteiger partial charge on any atom is -0.481 e. The van der Waals surface area contributed by atoms with Crippen LogP contribution in [0.3, 0.4) is 0 Å². The summed E-state index contributed by atoms with van der Waals surface area (Å²) in [5.74, 6) is -1.79. The summed E-state index contributed by atoms with van der Waals surface area (Å²) in [4.78, 5) is 22.7. The van der Waals surface area contributed by atoms with Crippen molar-refractivity contribution in [3.63, 3.8) is 0 Å². The molecule has 1 atom stereocenters. The molecule has 21 heavy (non-hydrogen) atoms. The first-order chi connectivity index (χ1) is 9.79. The molecule has 0 radical (unpaired) electrons. The number of benzene rings is 1. The second-order valence-corrected chi connectivity index (χ2v) is 5.54. The number of aliphatic carboxylic acids is 1. The number of nitrogens with two attached hydrogens (primary N) is 1. The molecule has 0 fully saturated rings. The molecule has 4 N–H and O–H groups in total. The van der Waals surface area contributed by atoms with Crippen LogP contribution in [-0.2, 0) is 4.79 Å². The van der Waals surface area contributed by atoms with Gasteiger partial charge < -0.3 is 16.2 Å². The van der Waals surface area contributed by atoms with Crippen molar-refractivity contribution < 1.29 is 19.1 Å². The number of nitrogens with one attached hydrogen (secondary N) is 1. The number of carboxylic acids is 1. The third kappa shape index (κ3) is 5.81. The number of halogens is 1. The van der Waals surface area contributed by atoms with Crippen LogP contribution in [-0.4, -0.2) is 23.5 Å². The molecule has 0 heterocycles. The fourth-order valence-electron chi connectivity index (χ4n) is 2.16. The molecule has 0 aliphatic carbocycles. The molecule has 1 unspecified atom stereocenters. The van der Waals surface area contributed by atoms with Gasteiger partial charge >= 0.3 is 5.97 Å². The lowest BCUT2D eigenvalue weighted by atomic mass is 9.94. The van der Waals surface area contributed by atoms with Crippen LogP contribution in [0, 0.1) is 17.7 Å². The van der Waals surface area contributed by atoms with Crippen molar-refractivity contribution in [1.29, 1.82) is 0 Å². The van der Waals surface area contributed by atoms with E-state index in [1.807, 2.05) is 13.8 Å². The number of hydrogen-bond donors (Lipinski definition) is 3. The number of anilines is 1. The lowest BCUT2D eigenvalue weighted by Gasteiger charge is -2.17. The second kappa shape index (κ2) is 7.61. The molecule has 0 aliphatic heterocycles. The van der Waals surface area contributed by atoms with E-state index in [1.54, 1.807) is 0 Å². The van der Waals surface area contributed by atoms with Gasteiger partial charge in [0.25, 0.3) is 5.91 Å². The van der Waals surface area contributed by atoms with Gasteiger partial charge in [0, 0.05) is 18.5 Å². The molecule has 1 aromatic rings. The Morgan fingerprint density at radius 3 is 2.57 bits per heavy atom. The average Bonchev–Trinajstić information content (AvgIpc) is 2.37. The van der Waals surface area contributed by atoms with Gasteiger partial charge in [0.05, 0.1) is 5.69 Å². The van der Waals surface area contributed by atoms with Crippen LogP contribution in [0.4, 0.5) is 10.1 Å². The highest BCUT2D eigenvalue weighted by Crippen LogP contribution is 2.16. The zero-order chi connectivity index (χ0) is 16.0. The van der Waals surface area contributed by atoms with Crippen LogP contribution in [0.25, 0.3) is 0 Å². The SMILES string of the molecule is CC(C)CC(CNC(=O)c1ccc(N)c(F)c1)CC(=O)O. The Labute approximate surface area is 123 Å². The first-order valence-electron chi connectivity index (χ1n) is 6.84. The highest BCUT2D eigenvalue weighted by atomic mass is 19.1. The van der Waals surface area contributed by atoms with E-state index in [2.05, 4.69) is 5.32 Å². The Balaban J connectivity index is 2.63. The standard InChI is InChI=1S/C15H21FN2O3/c1-9(2)5-10(6-14(19)20)8-18-15(21)11-3-4-13(17)12(16)7-11/h3-4,7,9-10H,5-6,8,17H2,1-2H3,(H,18,21)(H,19,20). The van der Waals surface area contributed by atoms with E-state index in [1.165, 1.54) is 12.1 Å². The van der Waals surface area contributed by atoms with Crippen molar-refractivity contribution in [2.24, 2.45) is 11.8 Å². The second-order valence-electron chi connectivity index (χ2n) is 5.54. The molecule has 0 saturated carbocycles. The Morgan fingerprint density at radius 1 is 1.38 bits per heavy atom. The maximum Gasteiger partial charge on any atom is 0.303 e. The van der Waals surface area contributed by atoms with E-state index in [0.717, 1.165) is 6.07 Å². The van der Waals surface area contributed by atoms with Crippen LogP contribution in [0.2, 0.25) is 0 Å². The number of carbonyl (C=O) groups is 2. The molecule has 5 nitrogen and oxygen atoms in total. The maximum absolute atomic E-state index is 13.3. The highest BCUT2D eigenvalue weighted by Gasteiger charge is 2.17. The summed E-state index contributed by atoms with van der Waals surface area (Å²) in [7, 11) is 0. The molecule has 0 aliphatic rings. The van der Waals surface area contributed by atoms with E-state index < -0.39 is 17.7 Å². The Hall–Kier alpha value is -2.11. The third-order valence-corrected chi connectivity index (χ3v) is 3.08. The summed E-state index contributed by atoms with van der Waals surface area (Å²) < 4.78 is 13.3. The van der Waals surface area contributed by atoms with Crippen LogP contribution in [0.1, 0.15) is 37.0 Å². The lowest BCUT2D eigenvalue weighted by Crippen LogP contribution is -2.31. The van der Waals surface area contributed by atoms with Crippen LogP contribution in [0.5, 0.6) is 0 Å². The van der Waals surface area contributed by atoms with E-state index >= 15 is 0 Å². The van der Waals surface area contributed by atoms with E-state index in [9.17, 15) is 14.0 Å². The predicted octanol–water partition coefficient (Wildman–Crippen LogP) is 2.27. The quantitative estimate of drug-likeness (QED) is 0.673. The fourth-order valence-corrected chi connectivity index (χ4v) is 2.16. The molecule has 1 amide bonds. The maximum atomic E-state index is 13.3. The predicted molar refractivity (Wildman–Crippen MR) is 78.3 cm³/mol. The van der Waals surface area contributed by atoms with Gasteiger partial charge in [0.15, 0.2) is 0 Å². The topological polar surface area (TPSA) is 92.4 Å². The van der Waals surface area contributed by atoms with E-state index in [0.29, 0.717) is 12.3 Å². The zero-order valence-corrected chi connectivity index (χ0v) is 12.2. The lowest BCUT2D eigenvalue weighted by molar-refractivity contribution is -0.138. The van der Waals surface area contributed by atoms with Gasteiger partial charge in [-0.25, -0.2) is 4.39 Å². The normalized spacial score (nSPS) is 12.2. The Morgan fingerprint density at radius 2 is 2.05 bits per heavy atom. The molecular formula is C15H21FN2O3. The molecule has 6 heteroatoms. The van der Waals surface area contributed by atoms with Gasteiger partial charge in [-0.15, -0.1) is 0 Å². The van der Waals surface area contributed by atoms with Crippen molar-refractivity contribution in [2.75, 3.05) is 12.3 Å². The molecule has 0 saturated heterocycles. The molecule has 1 rings (SSSR count). The van der Waals surface area contributed by atoms with Gasteiger partial charge in [-0.1, -0.05) is 13.8 Å². The van der Waals surface area contributed by atoms with Crippen LogP contribution < -0.4 is 11.1 Å². The van der Waals surface area contributed by atoms with Crippen molar-refractivity contribution >= 4 is 17.6 Å². The minimum atomic E-state index is -0.895. The third-order valence-electron chi connectivity index (χ3n) is 3.08. The summed E-state index contributed by atoms with van der Waals surface area (Å²) in [6.07, 6.45) is 0.692. The highest BCUT2D eigenvalue weighted by molar-refractivity contribution is 5.94. The summed E-state index contributed by atoms with van der Waals surface area (Å²) >= 11 is 0. The van der Waals surface area contributed by atoms with Gasteiger partial charge in [0.2, 0.25) is 0 Å². The number of nitrogen functional groups attached to an aromatic ring is 1. The Bertz CT molecular complexity index is 518. The van der Waals surface area contributed by atoms with Crippen molar-refractivity contribution in [2.45, 2.75) is 26.7 Å². The van der Waals surface area contributed by atoms with E-state index in [4.69, 9.17) is 10.8 Å². The smallest absolute Gasteiger partial charge is 0.303 e. The molecule has 0 aromatic heterocycles. The number of amides is 1. The largest absolute Gasteiger partial charge is 0.481 e. The number of carboxylic acid groups (broad SMARTS) is 1. The van der Waals surface area contributed by atoms with Gasteiger partial charge in [-0.05, 0) is 36.5 Å². The fraction of sp³-hybridized carbons (Fsp3) is 0.467. The molecule has 116 valence electrons. The molecule has 0 spiro atoms. The molecule has 1 aromatic carbocycles. The van der Waals surface area contributed by atoms with E-state index in [-0.39, 0.29) is 30.1 Å². The average molecular weight is 296 g/mol. The number of carbonyl (C=O) groups excluding carboxylic acids is 1. The summed E-state index contributed by atoms with van der Waals surface area (Å²) in [5.41, 5.74) is 5.50. The summed E-state index contributed by atoms with van der Waals surface area (Å²) in [6.45, 7) is 4.23. The first-order valence-corrected chi connectivity index (χ1v) is 6.84. The van der Waals surface area contributed by atoms with Crippen LogP contribution in [0.15, 0.2) is 18.2 Å². The Kier molecular flexibility index (Phi) is 6.14. The van der Waals surface area contributed by atoms with Crippen molar-refractivity contribution in [3.8, 4) is 0 Å². The van der Waals surface area contributed by atoms with Gasteiger partial charge in [0.1, 0.15) is 5.82 Å². The minimum absolute atomic E-state index is 0.00540. The van der Waals surface area contributed by atoms with Crippen molar-refractivity contribution in [3.05, 3.63) is 29.6 Å². The number of rotatable bonds is 7. The molecular weight excluding hydrogens is 275 g/mol.